The molecule has 0 atom stereocenters. The monoisotopic (exact) mass is 409 g/mol. The Morgan fingerprint density at radius 1 is 1.14 bits per heavy atom. The van der Waals surface area contributed by atoms with Crippen molar-refractivity contribution >= 4 is 29.2 Å². The molecule has 6 nitrogen and oxygen atoms in total. The molecule has 0 saturated carbocycles. The highest BCUT2D eigenvalue weighted by atomic mass is 35.5. The number of nitrogens with one attached hydrogen (secondary N) is 1. The van der Waals surface area contributed by atoms with Gasteiger partial charge in [-0.2, -0.15) is 10.4 Å². The fraction of sp³-hybridized carbons (Fsp3) is 0.0500. The molecule has 3 aromatic rings. The van der Waals surface area contributed by atoms with Crippen molar-refractivity contribution in [3.05, 3.63) is 75.5 Å². The minimum absolute atomic E-state index is 0.0356. The summed E-state index contributed by atoms with van der Waals surface area (Å²) in [6.45, 7) is 0. The minimum atomic E-state index is -0.480. The fourth-order valence-electron chi connectivity index (χ4n) is 2.71. The van der Waals surface area contributed by atoms with Crippen LogP contribution in [0.1, 0.15) is 5.56 Å². The van der Waals surface area contributed by atoms with Gasteiger partial charge in [0.2, 0.25) is 0 Å². The number of nitrogens with two attached hydrogens (primary N) is 2. The second-order valence-electron chi connectivity index (χ2n) is 5.81. The molecule has 0 radical (unpaired) electrons. The molecule has 1 heterocycles. The third kappa shape index (κ3) is 4.03. The quantitative estimate of drug-likeness (QED) is 0.195. The molecule has 0 fully saturated rings. The van der Waals surface area contributed by atoms with Crippen molar-refractivity contribution in [1.82, 2.24) is 4.98 Å². The summed E-state index contributed by atoms with van der Waals surface area (Å²) in [4.78, 5) is 15.0. The number of halogens is 1. The van der Waals surface area contributed by atoms with E-state index in [0.717, 1.165) is 22.9 Å². The number of hydrogen-bond donors (Lipinski definition) is 3. The predicted octanol–water partition coefficient (Wildman–Crippen LogP) is 3.56. The predicted molar refractivity (Wildman–Crippen MR) is 114 cm³/mol. The first-order valence-corrected chi connectivity index (χ1v) is 9.58. The van der Waals surface area contributed by atoms with E-state index in [-0.39, 0.29) is 22.2 Å². The van der Waals surface area contributed by atoms with Crippen LogP contribution in [0, 0.1) is 11.3 Å². The lowest BCUT2D eigenvalue weighted by atomic mass is 9.97. The highest BCUT2D eigenvalue weighted by Gasteiger charge is 2.19. The van der Waals surface area contributed by atoms with Crippen LogP contribution >= 0.6 is 23.4 Å². The summed E-state index contributed by atoms with van der Waals surface area (Å²) < 4.78 is 0. The number of H-pyrrole nitrogens is 1. The van der Waals surface area contributed by atoms with Crippen LogP contribution in [0.2, 0.25) is 5.02 Å². The van der Waals surface area contributed by atoms with Gasteiger partial charge in [0, 0.05) is 5.56 Å². The molecule has 0 aliphatic rings. The molecule has 0 unspecified atom stereocenters. The Morgan fingerprint density at radius 3 is 2.50 bits per heavy atom. The zero-order valence-corrected chi connectivity index (χ0v) is 16.2. The van der Waals surface area contributed by atoms with E-state index >= 15 is 0 Å². The lowest BCUT2D eigenvalue weighted by Crippen LogP contribution is -2.18. The van der Waals surface area contributed by atoms with Crippen molar-refractivity contribution in [1.29, 1.82) is 5.26 Å². The Morgan fingerprint density at radius 2 is 1.82 bits per heavy atom. The van der Waals surface area contributed by atoms with Gasteiger partial charge in [-0.25, -0.2) is 0 Å². The van der Waals surface area contributed by atoms with E-state index < -0.39 is 5.56 Å². The van der Waals surface area contributed by atoms with Gasteiger partial charge >= 0.3 is 0 Å². The number of nitriles is 1. The van der Waals surface area contributed by atoms with Gasteiger partial charge in [0.05, 0.1) is 16.3 Å². The van der Waals surface area contributed by atoms with E-state index in [0.29, 0.717) is 16.2 Å². The molecule has 0 bridgehead atoms. The van der Waals surface area contributed by atoms with Crippen molar-refractivity contribution in [2.24, 2.45) is 16.7 Å². The molecule has 8 heteroatoms. The normalized spacial score (nSPS) is 11.2. The Balaban J connectivity index is 2.15. The molecule has 0 aliphatic heterocycles. The Labute approximate surface area is 170 Å². The van der Waals surface area contributed by atoms with Crippen molar-refractivity contribution in [2.75, 3.05) is 5.75 Å². The number of pyridine rings is 1. The molecular formula is C20H16ClN5OS. The zero-order valence-electron chi connectivity index (χ0n) is 14.6. The van der Waals surface area contributed by atoms with Gasteiger partial charge in [0.1, 0.15) is 16.9 Å². The topological polar surface area (TPSA) is 121 Å². The van der Waals surface area contributed by atoms with Gasteiger partial charge in [0.25, 0.3) is 5.56 Å². The highest BCUT2D eigenvalue weighted by molar-refractivity contribution is 8.00. The Bertz CT molecular complexity index is 1140. The number of hydrogen-bond acceptors (Lipinski definition) is 5. The molecule has 1 aromatic heterocycles. The van der Waals surface area contributed by atoms with Crippen LogP contribution in [0.3, 0.4) is 0 Å². The van der Waals surface area contributed by atoms with Crippen LogP contribution in [0.5, 0.6) is 0 Å². The van der Waals surface area contributed by atoms with Gasteiger partial charge in [0.15, 0.2) is 0 Å². The van der Waals surface area contributed by atoms with E-state index in [4.69, 9.17) is 23.2 Å². The number of thioether (sulfide) groups is 1. The number of rotatable bonds is 5. The molecule has 140 valence electrons. The smallest absolute Gasteiger partial charge is 0.268 e. The van der Waals surface area contributed by atoms with Crippen molar-refractivity contribution < 1.29 is 0 Å². The summed E-state index contributed by atoms with van der Waals surface area (Å²) in [6.07, 6.45) is 0. The fourth-order valence-corrected chi connectivity index (χ4v) is 3.79. The van der Waals surface area contributed by atoms with E-state index in [2.05, 4.69) is 16.2 Å². The van der Waals surface area contributed by atoms with Crippen molar-refractivity contribution in [2.45, 2.75) is 5.03 Å². The molecular weight excluding hydrogens is 394 g/mol. The van der Waals surface area contributed by atoms with Crippen LogP contribution in [0.25, 0.3) is 22.3 Å². The van der Waals surface area contributed by atoms with Crippen LogP contribution in [-0.4, -0.2) is 16.6 Å². The Hall–Kier alpha value is -3.21. The molecule has 0 saturated heterocycles. The average Bonchev–Trinajstić information content (AvgIpc) is 2.74. The molecule has 3 rings (SSSR count). The summed E-state index contributed by atoms with van der Waals surface area (Å²) >= 11 is 7.46. The second kappa shape index (κ2) is 8.65. The molecule has 5 N–H and O–H groups in total. The number of amidine groups is 1. The van der Waals surface area contributed by atoms with Crippen LogP contribution in [0.15, 0.2) is 69.5 Å². The third-order valence-electron chi connectivity index (χ3n) is 4.02. The van der Waals surface area contributed by atoms with Crippen molar-refractivity contribution in [3.63, 3.8) is 0 Å². The van der Waals surface area contributed by atoms with E-state index in [9.17, 15) is 10.1 Å². The summed E-state index contributed by atoms with van der Waals surface area (Å²) in [5.74, 6) is 5.57. The van der Waals surface area contributed by atoms with Crippen LogP contribution in [-0.2, 0) is 0 Å². The SMILES string of the molecule is N#Cc1c(SC/C(N)=N/N)[nH]c(=O)c(Cl)c1-c1cccc(-c2ccccc2)c1. The van der Waals surface area contributed by atoms with Crippen LogP contribution in [0.4, 0.5) is 0 Å². The minimum Gasteiger partial charge on any atom is -0.385 e. The maximum absolute atomic E-state index is 12.4. The van der Waals surface area contributed by atoms with Gasteiger partial charge < -0.3 is 16.6 Å². The van der Waals surface area contributed by atoms with Crippen LogP contribution < -0.4 is 17.1 Å². The third-order valence-corrected chi connectivity index (χ3v) is 5.42. The first kappa shape index (κ1) is 19.5. The highest BCUT2D eigenvalue weighted by Crippen LogP contribution is 2.35. The molecule has 0 amide bonds. The van der Waals surface area contributed by atoms with E-state index in [1.807, 2.05) is 54.6 Å². The molecule has 0 spiro atoms. The molecule has 28 heavy (non-hydrogen) atoms. The van der Waals surface area contributed by atoms with E-state index in [1.54, 1.807) is 0 Å². The first-order valence-electron chi connectivity index (χ1n) is 8.22. The zero-order chi connectivity index (χ0) is 20.1. The number of nitrogens with zero attached hydrogens (tertiary/aromatic N) is 2. The first-order chi connectivity index (χ1) is 13.5. The lowest BCUT2D eigenvalue weighted by molar-refractivity contribution is 1.07. The van der Waals surface area contributed by atoms with Gasteiger partial charge in [-0.1, -0.05) is 71.9 Å². The number of aromatic nitrogens is 1. The van der Waals surface area contributed by atoms with Gasteiger partial charge in [-0.15, -0.1) is 0 Å². The summed E-state index contributed by atoms with van der Waals surface area (Å²) in [6, 6.07) is 19.5. The standard InChI is InChI=1S/C20H16ClN5OS/c21-18-17(14-8-4-7-13(9-14)12-5-2-1-3-6-12)15(10-22)20(25-19(18)27)28-11-16(23)26-24/h1-9H,11,24H2,(H2,23,26)(H,25,27). The lowest BCUT2D eigenvalue weighted by Gasteiger charge is -2.12. The van der Waals surface area contributed by atoms with E-state index in [1.165, 1.54) is 0 Å². The van der Waals surface area contributed by atoms with Gasteiger partial charge in [-0.05, 0) is 22.8 Å². The Kier molecular flexibility index (Phi) is 6.04. The molecule has 0 aliphatic carbocycles. The summed E-state index contributed by atoms with van der Waals surface area (Å²) in [5, 5.41) is 13.5. The summed E-state index contributed by atoms with van der Waals surface area (Å²) in [7, 11) is 0. The molecule has 2 aromatic carbocycles. The maximum Gasteiger partial charge on any atom is 0.268 e. The average molecular weight is 410 g/mol. The number of aromatic amines is 1. The number of benzene rings is 2. The van der Waals surface area contributed by atoms with Crippen molar-refractivity contribution in [3.8, 4) is 28.3 Å². The number of hydrazone groups is 1. The van der Waals surface area contributed by atoms with Gasteiger partial charge in [-0.3, -0.25) is 4.79 Å². The summed E-state index contributed by atoms with van der Waals surface area (Å²) in [5.41, 5.74) is 8.44. The largest absolute Gasteiger partial charge is 0.385 e. The maximum atomic E-state index is 12.4. The second-order valence-corrected chi connectivity index (χ2v) is 7.18.